The average Bonchev–Trinajstić information content (AvgIpc) is 2.83. The van der Waals surface area contributed by atoms with Crippen molar-refractivity contribution >= 4 is 17.6 Å². The van der Waals surface area contributed by atoms with Crippen LogP contribution in [0.25, 0.3) is 0 Å². The molecule has 144 valence electrons. The van der Waals surface area contributed by atoms with Gasteiger partial charge in [-0.3, -0.25) is 4.79 Å². The molecule has 0 aromatic heterocycles. The largest absolute Gasteiger partial charge is 0.493 e. The lowest BCUT2D eigenvalue weighted by molar-refractivity contribution is -0.137. The minimum Gasteiger partial charge on any atom is -0.493 e. The number of carboxylic acid groups (broad SMARTS) is 1. The van der Waals surface area contributed by atoms with Gasteiger partial charge in [-0.15, -0.1) is 11.6 Å². The van der Waals surface area contributed by atoms with Gasteiger partial charge in [0.2, 0.25) is 0 Å². The van der Waals surface area contributed by atoms with E-state index in [1.807, 2.05) is 38.1 Å². The third kappa shape index (κ3) is 5.75. The standard InChI is InChI=1S/C21H29ClO4/c1-14-8-7-9-15(2)21(14)26-13-17-16(18(22)12-19(17)23)10-5-3-4-6-11-20(24)25/h3,5,7-9,16-19,23H,4,6,10-13H2,1-2H3,(H,24,25)/t16-,17?,18?,19?/m1/s1. The van der Waals surface area contributed by atoms with Crippen LogP contribution < -0.4 is 4.74 Å². The molecule has 0 bridgehead atoms. The first-order valence-corrected chi connectivity index (χ1v) is 9.71. The van der Waals surface area contributed by atoms with Crippen molar-refractivity contribution in [1.29, 1.82) is 0 Å². The van der Waals surface area contributed by atoms with Gasteiger partial charge in [0.25, 0.3) is 0 Å². The molecule has 4 atom stereocenters. The zero-order chi connectivity index (χ0) is 19.1. The minimum atomic E-state index is -0.762. The number of aliphatic carboxylic acids is 1. The maximum atomic E-state index is 10.5. The fourth-order valence-electron chi connectivity index (χ4n) is 3.64. The molecule has 2 N–H and O–H groups in total. The average molecular weight is 381 g/mol. The Kier molecular flexibility index (Phi) is 7.98. The number of alkyl halides is 1. The van der Waals surface area contributed by atoms with Crippen LogP contribution in [-0.4, -0.2) is 34.3 Å². The summed E-state index contributed by atoms with van der Waals surface area (Å²) in [6.45, 7) is 4.50. The summed E-state index contributed by atoms with van der Waals surface area (Å²) in [5.41, 5.74) is 2.18. The Balaban J connectivity index is 1.90. The molecule has 1 aromatic carbocycles. The Morgan fingerprint density at radius 3 is 2.62 bits per heavy atom. The lowest BCUT2D eigenvalue weighted by Crippen LogP contribution is -2.27. The van der Waals surface area contributed by atoms with Gasteiger partial charge in [-0.2, -0.15) is 0 Å². The zero-order valence-corrected chi connectivity index (χ0v) is 16.3. The molecule has 1 aliphatic rings. The number of benzene rings is 1. The van der Waals surface area contributed by atoms with Gasteiger partial charge in [-0.1, -0.05) is 30.4 Å². The number of aliphatic hydroxyl groups excluding tert-OH is 1. The van der Waals surface area contributed by atoms with E-state index < -0.39 is 12.1 Å². The van der Waals surface area contributed by atoms with Gasteiger partial charge in [0, 0.05) is 17.7 Å². The van der Waals surface area contributed by atoms with Crippen molar-refractivity contribution in [2.75, 3.05) is 6.61 Å². The summed E-state index contributed by atoms with van der Waals surface area (Å²) < 4.78 is 6.06. The third-order valence-electron chi connectivity index (χ3n) is 5.14. The second-order valence-electron chi connectivity index (χ2n) is 7.17. The number of aryl methyl sites for hydroxylation is 2. The Labute approximate surface area is 160 Å². The Morgan fingerprint density at radius 1 is 1.27 bits per heavy atom. The predicted octanol–water partition coefficient (Wildman–Crippen LogP) is 4.49. The van der Waals surface area contributed by atoms with Crippen LogP contribution in [0.5, 0.6) is 5.75 Å². The van der Waals surface area contributed by atoms with E-state index in [2.05, 4.69) is 6.08 Å². The lowest BCUT2D eigenvalue weighted by atomic mass is 9.92. The normalized spacial score (nSPS) is 25.7. The molecule has 0 spiro atoms. The fourth-order valence-corrected chi connectivity index (χ4v) is 4.11. The quantitative estimate of drug-likeness (QED) is 0.376. The number of aliphatic hydroxyl groups is 1. The number of rotatable bonds is 9. The number of hydrogen-bond acceptors (Lipinski definition) is 3. The van der Waals surface area contributed by atoms with Crippen molar-refractivity contribution < 1.29 is 19.7 Å². The molecule has 0 saturated heterocycles. The van der Waals surface area contributed by atoms with Crippen molar-refractivity contribution in [3.63, 3.8) is 0 Å². The van der Waals surface area contributed by atoms with Crippen molar-refractivity contribution in [2.45, 2.75) is 57.4 Å². The summed E-state index contributed by atoms with van der Waals surface area (Å²) in [4.78, 5) is 10.5. The van der Waals surface area contributed by atoms with Crippen LogP contribution in [0, 0.1) is 25.7 Å². The number of hydrogen-bond donors (Lipinski definition) is 2. The molecule has 0 heterocycles. The maximum absolute atomic E-state index is 10.5. The fraction of sp³-hybridized carbons (Fsp3) is 0.571. The molecule has 3 unspecified atom stereocenters. The monoisotopic (exact) mass is 380 g/mol. The van der Waals surface area contributed by atoms with Crippen LogP contribution in [-0.2, 0) is 4.79 Å². The van der Waals surface area contributed by atoms with Crippen LogP contribution in [0.15, 0.2) is 30.4 Å². The van der Waals surface area contributed by atoms with Crippen LogP contribution in [0.1, 0.15) is 43.2 Å². The summed E-state index contributed by atoms with van der Waals surface area (Å²) in [5.74, 6) is 0.287. The molecular weight excluding hydrogens is 352 g/mol. The summed E-state index contributed by atoms with van der Waals surface area (Å²) in [6.07, 6.45) is 6.57. The van der Waals surface area contributed by atoms with E-state index >= 15 is 0 Å². The van der Waals surface area contributed by atoms with E-state index in [-0.39, 0.29) is 23.6 Å². The molecule has 2 rings (SSSR count). The molecule has 1 aromatic rings. The molecule has 0 amide bonds. The molecule has 4 nitrogen and oxygen atoms in total. The van der Waals surface area contributed by atoms with E-state index in [1.165, 1.54) is 0 Å². The van der Waals surface area contributed by atoms with E-state index in [4.69, 9.17) is 21.4 Å². The molecule has 5 heteroatoms. The number of unbranched alkanes of at least 4 members (excludes halogenated alkanes) is 1. The first-order chi connectivity index (χ1) is 12.4. The van der Waals surface area contributed by atoms with Crippen molar-refractivity contribution in [3.8, 4) is 5.75 Å². The summed E-state index contributed by atoms with van der Waals surface area (Å²) in [6, 6.07) is 6.05. The number of carbonyl (C=O) groups is 1. The number of allylic oxidation sites excluding steroid dienone is 2. The van der Waals surface area contributed by atoms with Gasteiger partial charge < -0.3 is 14.9 Å². The predicted molar refractivity (Wildman–Crippen MR) is 104 cm³/mol. The number of carboxylic acids is 1. The van der Waals surface area contributed by atoms with E-state index in [0.717, 1.165) is 29.7 Å². The topological polar surface area (TPSA) is 66.8 Å². The zero-order valence-electron chi connectivity index (χ0n) is 15.5. The van der Waals surface area contributed by atoms with E-state index in [9.17, 15) is 9.90 Å². The molecule has 1 fully saturated rings. The first-order valence-electron chi connectivity index (χ1n) is 9.28. The molecule has 1 aliphatic carbocycles. The minimum absolute atomic E-state index is 0.000163. The van der Waals surface area contributed by atoms with Crippen LogP contribution in [0.3, 0.4) is 0 Å². The highest BCUT2D eigenvalue weighted by atomic mass is 35.5. The van der Waals surface area contributed by atoms with Crippen LogP contribution >= 0.6 is 11.6 Å². The Bertz CT molecular complexity index is 608. The molecular formula is C21H29ClO4. The van der Waals surface area contributed by atoms with E-state index in [0.29, 0.717) is 19.4 Å². The van der Waals surface area contributed by atoms with Crippen molar-refractivity contribution in [2.24, 2.45) is 11.8 Å². The Morgan fingerprint density at radius 2 is 1.96 bits per heavy atom. The van der Waals surface area contributed by atoms with Crippen LogP contribution in [0.4, 0.5) is 0 Å². The van der Waals surface area contributed by atoms with Gasteiger partial charge in [-0.05, 0) is 56.6 Å². The number of para-hydroxylation sites is 1. The SMILES string of the molecule is Cc1cccc(C)c1OCC1C(O)CC(Cl)[C@@H]1CC=CCCCC(=O)O. The maximum Gasteiger partial charge on any atom is 0.303 e. The highest BCUT2D eigenvalue weighted by molar-refractivity contribution is 6.21. The first kappa shape index (κ1) is 20.8. The van der Waals surface area contributed by atoms with Crippen LogP contribution in [0.2, 0.25) is 0 Å². The van der Waals surface area contributed by atoms with Gasteiger partial charge in [0.1, 0.15) is 5.75 Å². The smallest absolute Gasteiger partial charge is 0.303 e. The van der Waals surface area contributed by atoms with Gasteiger partial charge in [0.05, 0.1) is 12.7 Å². The molecule has 0 aliphatic heterocycles. The summed E-state index contributed by atoms with van der Waals surface area (Å²) in [7, 11) is 0. The van der Waals surface area contributed by atoms with Crippen molar-refractivity contribution in [1.82, 2.24) is 0 Å². The highest BCUT2D eigenvalue weighted by Crippen LogP contribution is 2.39. The lowest BCUT2D eigenvalue weighted by Gasteiger charge is -2.23. The van der Waals surface area contributed by atoms with Crippen molar-refractivity contribution in [3.05, 3.63) is 41.5 Å². The molecule has 1 saturated carbocycles. The molecule has 26 heavy (non-hydrogen) atoms. The summed E-state index contributed by atoms with van der Waals surface area (Å²) in [5, 5.41) is 19.0. The number of ether oxygens (including phenoxy) is 1. The summed E-state index contributed by atoms with van der Waals surface area (Å²) >= 11 is 6.47. The van der Waals surface area contributed by atoms with E-state index in [1.54, 1.807) is 0 Å². The highest BCUT2D eigenvalue weighted by Gasteiger charge is 2.41. The second kappa shape index (κ2) is 9.98. The van der Waals surface area contributed by atoms with Gasteiger partial charge in [-0.25, -0.2) is 0 Å². The van der Waals surface area contributed by atoms with Gasteiger partial charge >= 0.3 is 5.97 Å². The van der Waals surface area contributed by atoms with Gasteiger partial charge in [0.15, 0.2) is 0 Å². The Hall–Kier alpha value is -1.52. The number of halogens is 1. The second-order valence-corrected chi connectivity index (χ2v) is 7.73. The molecule has 0 radical (unpaired) electrons. The third-order valence-corrected chi connectivity index (χ3v) is 5.64.